The molecule has 1 fully saturated rings. The molecule has 19 heavy (non-hydrogen) atoms. The molecule has 0 aromatic carbocycles. The van der Waals surface area contributed by atoms with Crippen LogP contribution in [0.25, 0.3) is 0 Å². The van der Waals surface area contributed by atoms with Crippen LogP contribution in [0.1, 0.15) is 23.2 Å². The van der Waals surface area contributed by atoms with E-state index in [-0.39, 0.29) is 29.4 Å². The highest BCUT2D eigenvalue weighted by molar-refractivity contribution is 9.10. The van der Waals surface area contributed by atoms with Crippen LogP contribution < -0.4 is 5.32 Å². The highest BCUT2D eigenvalue weighted by Gasteiger charge is 2.31. The summed E-state index contributed by atoms with van der Waals surface area (Å²) in [5, 5.41) is 13.4. The van der Waals surface area contributed by atoms with Crippen molar-refractivity contribution in [3.8, 4) is 0 Å². The average molecular weight is 330 g/mol. The van der Waals surface area contributed by atoms with Crippen molar-refractivity contribution in [2.24, 2.45) is 0 Å². The van der Waals surface area contributed by atoms with E-state index in [9.17, 15) is 14.9 Å². The molecule has 0 saturated heterocycles. The van der Waals surface area contributed by atoms with E-state index in [0.717, 1.165) is 18.9 Å². The standard InChI is InChI=1S/C11H12BrN3O4/c1-19-7-2-6(3-7)14-11(16)8-4-10(15(17)18)13-5-9(8)12/h4-7H,2-3H2,1H3,(H,14,16). The summed E-state index contributed by atoms with van der Waals surface area (Å²) in [6.07, 6.45) is 2.95. The number of ether oxygens (including phenoxy) is 1. The molecule has 0 bridgehead atoms. The third-order valence-electron chi connectivity index (χ3n) is 3.04. The number of nitrogens with one attached hydrogen (secondary N) is 1. The molecular formula is C11H12BrN3O4. The molecule has 1 aliphatic carbocycles. The molecule has 0 atom stereocenters. The van der Waals surface area contributed by atoms with Crippen LogP contribution in [0, 0.1) is 10.1 Å². The van der Waals surface area contributed by atoms with E-state index in [0.29, 0.717) is 4.47 Å². The lowest BCUT2D eigenvalue weighted by molar-refractivity contribution is -0.389. The van der Waals surface area contributed by atoms with Gasteiger partial charge in [0.25, 0.3) is 5.91 Å². The normalized spacial score (nSPS) is 21.6. The molecule has 0 radical (unpaired) electrons. The summed E-state index contributed by atoms with van der Waals surface area (Å²) in [5.41, 5.74) is 0.211. The Bertz CT molecular complexity index is 517. The number of halogens is 1. The molecular weight excluding hydrogens is 318 g/mol. The van der Waals surface area contributed by atoms with Crippen molar-refractivity contribution < 1.29 is 14.5 Å². The number of carbonyl (C=O) groups is 1. The van der Waals surface area contributed by atoms with Crippen LogP contribution in [-0.4, -0.2) is 35.1 Å². The Labute approximate surface area is 117 Å². The minimum Gasteiger partial charge on any atom is -0.381 e. The van der Waals surface area contributed by atoms with E-state index < -0.39 is 4.92 Å². The number of nitrogens with zero attached hydrogens (tertiary/aromatic N) is 2. The van der Waals surface area contributed by atoms with Crippen molar-refractivity contribution in [2.45, 2.75) is 25.0 Å². The molecule has 0 unspecified atom stereocenters. The van der Waals surface area contributed by atoms with Crippen molar-refractivity contribution >= 4 is 27.7 Å². The number of aromatic nitrogens is 1. The quantitative estimate of drug-likeness (QED) is 0.669. The third kappa shape index (κ3) is 3.07. The van der Waals surface area contributed by atoms with Crippen molar-refractivity contribution in [1.29, 1.82) is 0 Å². The van der Waals surface area contributed by atoms with Gasteiger partial charge in [0.05, 0.1) is 16.1 Å². The van der Waals surface area contributed by atoms with Crippen LogP contribution in [0.4, 0.5) is 5.82 Å². The van der Waals surface area contributed by atoms with Crippen molar-refractivity contribution in [3.05, 3.63) is 32.4 Å². The zero-order valence-electron chi connectivity index (χ0n) is 10.1. The molecule has 1 saturated carbocycles. The summed E-state index contributed by atoms with van der Waals surface area (Å²) in [6, 6.07) is 1.21. The van der Waals surface area contributed by atoms with E-state index >= 15 is 0 Å². The van der Waals surface area contributed by atoms with Gasteiger partial charge in [0.15, 0.2) is 6.20 Å². The van der Waals surface area contributed by atoms with E-state index in [1.165, 1.54) is 6.20 Å². The summed E-state index contributed by atoms with van der Waals surface area (Å²) in [4.78, 5) is 25.6. The van der Waals surface area contributed by atoms with Gasteiger partial charge >= 0.3 is 5.82 Å². The Hall–Kier alpha value is -1.54. The monoisotopic (exact) mass is 329 g/mol. The van der Waals surface area contributed by atoms with Crippen LogP contribution in [-0.2, 0) is 4.74 Å². The number of methoxy groups -OCH3 is 1. The van der Waals surface area contributed by atoms with E-state index in [1.807, 2.05) is 0 Å². The summed E-state index contributed by atoms with van der Waals surface area (Å²) in [7, 11) is 1.63. The van der Waals surface area contributed by atoms with Gasteiger partial charge in [-0.05, 0) is 38.7 Å². The zero-order chi connectivity index (χ0) is 14.0. The number of rotatable bonds is 4. The average Bonchev–Trinajstić information content (AvgIpc) is 2.33. The van der Waals surface area contributed by atoms with Gasteiger partial charge in [-0.2, -0.15) is 0 Å². The number of hydrogen-bond donors (Lipinski definition) is 1. The summed E-state index contributed by atoms with van der Waals surface area (Å²) >= 11 is 3.16. The van der Waals surface area contributed by atoms with E-state index in [4.69, 9.17) is 4.74 Å². The van der Waals surface area contributed by atoms with Gasteiger partial charge in [-0.1, -0.05) is 0 Å². The SMILES string of the molecule is COC1CC(NC(=O)c2cc([N+](=O)[O-])ncc2Br)C1. The Morgan fingerprint density at radius 3 is 2.89 bits per heavy atom. The Kier molecular flexibility index (Phi) is 4.11. The van der Waals surface area contributed by atoms with Crippen LogP contribution >= 0.6 is 15.9 Å². The topological polar surface area (TPSA) is 94.4 Å². The van der Waals surface area contributed by atoms with Crippen LogP contribution in [0.15, 0.2) is 16.7 Å². The Balaban J connectivity index is 2.06. The maximum absolute atomic E-state index is 12.0. The fourth-order valence-electron chi connectivity index (χ4n) is 1.84. The fraction of sp³-hybridized carbons (Fsp3) is 0.455. The lowest BCUT2D eigenvalue weighted by Gasteiger charge is -2.34. The number of hydrogen-bond acceptors (Lipinski definition) is 5. The number of carbonyl (C=O) groups excluding carboxylic acids is 1. The van der Waals surface area contributed by atoms with Gasteiger partial charge in [-0.3, -0.25) is 4.79 Å². The lowest BCUT2D eigenvalue weighted by Crippen LogP contribution is -2.47. The number of pyridine rings is 1. The zero-order valence-corrected chi connectivity index (χ0v) is 11.7. The van der Waals surface area contributed by atoms with Gasteiger partial charge in [-0.15, -0.1) is 0 Å². The molecule has 1 amide bonds. The molecule has 1 heterocycles. The molecule has 0 spiro atoms. The highest BCUT2D eigenvalue weighted by atomic mass is 79.9. The maximum Gasteiger partial charge on any atom is 0.364 e. The van der Waals surface area contributed by atoms with Gasteiger partial charge in [0.1, 0.15) is 0 Å². The molecule has 1 aromatic rings. The molecule has 1 N–H and O–H groups in total. The minimum atomic E-state index is -0.631. The first-order chi connectivity index (χ1) is 9.01. The van der Waals surface area contributed by atoms with Crippen LogP contribution in [0.3, 0.4) is 0 Å². The van der Waals surface area contributed by atoms with Crippen molar-refractivity contribution in [3.63, 3.8) is 0 Å². The van der Waals surface area contributed by atoms with Crippen LogP contribution in [0.2, 0.25) is 0 Å². The molecule has 102 valence electrons. The molecule has 0 aliphatic heterocycles. The number of amides is 1. The van der Waals surface area contributed by atoms with Gasteiger partial charge in [0, 0.05) is 19.2 Å². The molecule has 1 aromatic heterocycles. The minimum absolute atomic E-state index is 0.0524. The first kappa shape index (κ1) is 13.9. The lowest BCUT2D eigenvalue weighted by atomic mass is 9.89. The maximum atomic E-state index is 12.0. The second-order valence-electron chi connectivity index (χ2n) is 4.28. The van der Waals surface area contributed by atoms with Crippen LogP contribution in [0.5, 0.6) is 0 Å². The highest BCUT2D eigenvalue weighted by Crippen LogP contribution is 2.24. The second-order valence-corrected chi connectivity index (χ2v) is 5.13. The number of nitro groups is 1. The predicted molar refractivity (Wildman–Crippen MR) is 69.9 cm³/mol. The van der Waals surface area contributed by atoms with E-state index in [2.05, 4.69) is 26.2 Å². The summed E-state index contributed by atoms with van der Waals surface area (Å²) in [6.45, 7) is 0. The first-order valence-electron chi connectivity index (χ1n) is 5.65. The molecule has 8 heteroatoms. The van der Waals surface area contributed by atoms with E-state index in [1.54, 1.807) is 7.11 Å². The fourth-order valence-corrected chi connectivity index (χ4v) is 2.24. The van der Waals surface area contributed by atoms with Gasteiger partial charge in [0.2, 0.25) is 0 Å². The smallest absolute Gasteiger partial charge is 0.364 e. The summed E-state index contributed by atoms with van der Waals surface area (Å²) < 4.78 is 5.55. The van der Waals surface area contributed by atoms with Crippen molar-refractivity contribution in [1.82, 2.24) is 10.3 Å². The summed E-state index contributed by atoms with van der Waals surface area (Å²) in [5.74, 6) is -0.700. The first-order valence-corrected chi connectivity index (χ1v) is 6.44. The van der Waals surface area contributed by atoms with Crippen molar-refractivity contribution in [2.75, 3.05) is 7.11 Å². The molecule has 2 rings (SSSR count). The Morgan fingerprint density at radius 1 is 1.63 bits per heavy atom. The van der Waals surface area contributed by atoms with Gasteiger partial charge in [-0.25, -0.2) is 0 Å². The predicted octanol–water partition coefficient (Wildman–Crippen LogP) is 1.66. The molecule has 7 nitrogen and oxygen atoms in total. The Morgan fingerprint density at radius 2 is 2.32 bits per heavy atom. The largest absolute Gasteiger partial charge is 0.381 e. The van der Waals surface area contributed by atoms with Gasteiger partial charge < -0.3 is 20.2 Å². The third-order valence-corrected chi connectivity index (χ3v) is 3.67. The second kappa shape index (κ2) is 5.62. The molecule has 1 aliphatic rings.